The summed E-state index contributed by atoms with van der Waals surface area (Å²) < 4.78 is 10.9. The van der Waals surface area contributed by atoms with Crippen LogP contribution < -0.4 is 20.1 Å². The molecule has 1 fully saturated rings. The molecule has 2 amide bonds. The van der Waals surface area contributed by atoms with Gasteiger partial charge in [-0.05, 0) is 18.1 Å². The zero-order valence-corrected chi connectivity index (χ0v) is 20.6. The van der Waals surface area contributed by atoms with Gasteiger partial charge < -0.3 is 20.1 Å². The molecule has 3 N–H and O–H groups in total. The Bertz CT molecular complexity index is 1160. The predicted molar refractivity (Wildman–Crippen MR) is 135 cm³/mol. The third-order valence-corrected chi connectivity index (χ3v) is 6.73. The van der Waals surface area contributed by atoms with Gasteiger partial charge in [-0.2, -0.15) is 0 Å². The van der Waals surface area contributed by atoms with Crippen molar-refractivity contribution in [3.63, 3.8) is 0 Å². The van der Waals surface area contributed by atoms with Crippen molar-refractivity contribution in [2.45, 2.75) is 37.3 Å². The third kappa shape index (κ3) is 6.54. The average Bonchev–Trinajstić information content (AvgIpc) is 3.56. The number of benzene rings is 2. The van der Waals surface area contributed by atoms with E-state index in [0.29, 0.717) is 39.5 Å². The van der Waals surface area contributed by atoms with Gasteiger partial charge in [0.05, 0.1) is 31.3 Å². The van der Waals surface area contributed by atoms with Gasteiger partial charge in [-0.25, -0.2) is 4.98 Å². The molecule has 0 radical (unpaired) electrons. The average molecular weight is 496 g/mol. The molecule has 2 aromatic carbocycles. The summed E-state index contributed by atoms with van der Waals surface area (Å²) in [4.78, 5) is 29.7. The molecule has 4 rings (SSSR count). The molecule has 10 heteroatoms. The lowest BCUT2D eigenvalue weighted by molar-refractivity contribution is -0.113. The molecule has 3 aromatic rings. The number of anilines is 2. The fourth-order valence-electron chi connectivity index (χ4n) is 4.12. The number of carbonyl (C=O) groups is 2. The first-order valence-electron chi connectivity index (χ1n) is 11.5. The second-order valence-electron chi connectivity index (χ2n) is 8.33. The molecule has 184 valence electrons. The molecule has 1 saturated carbocycles. The van der Waals surface area contributed by atoms with E-state index >= 15 is 0 Å². The summed E-state index contributed by atoms with van der Waals surface area (Å²) in [5.74, 6) is 1.95. The molecule has 1 aliphatic rings. The van der Waals surface area contributed by atoms with Crippen molar-refractivity contribution in [3.8, 4) is 11.5 Å². The summed E-state index contributed by atoms with van der Waals surface area (Å²) in [6.45, 7) is 0. The summed E-state index contributed by atoms with van der Waals surface area (Å²) in [6, 6.07) is 12.1. The van der Waals surface area contributed by atoms with Crippen LogP contribution in [0, 0.1) is 5.92 Å². The summed E-state index contributed by atoms with van der Waals surface area (Å²) >= 11 is 1.26. The number of hydrogen-bond acceptors (Lipinski definition) is 7. The number of carbonyl (C=O) groups excluding carboxylic acids is 2. The van der Waals surface area contributed by atoms with E-state index in [1.54, 1.807) is 36.4 Å². The maximum atomic E-state index is 12.6. The minimum Gasteiger partial charge on any atom is -0.494 e. The number of nitrogens with one attached hydrogen (secondary N) is 3. The van der Waals surface area contributed by atoms with Gasteiger partial charge in [-0.15, -0.1) is 5.10 Å². The molecule has 0 unspecified atom stereocenters. The van der Waals surface area contributed by atoms with Crippen LogP contribution in [0.2, 0.25) is 0 Å². The quantitative estimate of drug-likeness (QED) is 0.354. The van der Waals surface area contributed by atoms with Crippen LogP contribution in [0.5, 0.6) is 11.5 Å². The number of aromatic amines is 1. The molecule has 9 nitrogen and oxygen atoms in total. The molecule has 0 saturated heterocycles. The molecular weight excluding hydrogens is 466 g/mol. The molecule has 1 aromatic heterocycles. The molecule has 35 heavy (non-hydrogen) atoms. The van der Waals surface area contributed by atoms with Crippen LogP contribution >= 0.6 is 11.8 Å². The van der Waals surface area contributed by atoms with Crippen molar-refractivity contribution in [1.29, 1.82) is 0 Å². The van der Waals surface area contributed by atoms with E-state index in [9.17, 15) is 9.59 Å². The highest BCUT2D eigenvalue weighted by atomic mass is 32.2. The second kappa shape index (κ2) is 11.7. The Morgan fingerprint density at radius 1 is 1.03 bits per heavy atom. The molecule has 1 aliphatic carbocycles. The van der Waals surface area contributed by atoms with Gasteiger partial charge >= 0.3 is 0 Å². The van der Waals surface area contributed by atoms with Crippen molar-refractivity contribution in [2.24, 2.45) is 5.92 Å². The number of ether oxygens (including phenoxy) is 2. The normalized spacial score (nSPS) is 13.4. The maximum absolute atomic E-state index is 12.6. The SMILES string of the molecule is COc1cc(NC(=O)c2ccccc2)c(OC)cc1NC(=O)CSc1n[nH]c(CC2CCCC2)n1. The number of nitrogens with zero attached hydrogens (tertiary/aromatic N) is 2. The van der Waals surface area contributed by atoms with Crippen molar-refractivity contribution in [3.05, 3.63) is 53.9 Å². The second-order valence-corrected chi connectivity index (χ2v) is 9.27. The number of H-pyrrole nitrogens is 1. The summed E-state index contributed by atoms with van der Waals surface area (Å²) in [5.41, 5.74) is 1.38. The van der Waals surface area contributed by atoms with Crippen molar-refractivity contribution in [1.82, 2.24) is 15.2 Å². The van der Waals surface area contributed by atoms with Crippen LogP contribution in [0.15, 0.2) is 47.6 Å². The predicted octanol–water partition coefficient (Wildman–Crippen LogP) is 4.54. The maximum Gasteiger partial charge on any atom is 0.255 e. The van der Waals surface area contributed by atoms with E-state index in [1.165, 1.54) is 51.7 Å². The highest BCUT2D eigenvalue weighted by Gasteiger charge is 2.19. The van der Waals surface area contributed by atoms with Crippen molar-refractivity contribution < 1.29 is 19.1 Å². The highest BCUT2D eigenvalue weighted by Crippen LogP contribution is 2.37. The fourth-order valence-corrected chi connectivity index (χ4v) is 4.73. The molecule has 0 bridgehead atoms. The van der Waals surface area contributed by atoms with Gasteiger partial charge in [0.15, 0.2) is 0 Å². The van der Waals surface area contributed by atoms with Gasteiger partial charge in [0, 0.05) is 24.1 Å². The first-order valence-corrected chi connectivity index (χ1v) is 12.5. The lowest BCUT2D eigenvalue weighted by Gasteiger charge is -2.16. The van der Waals surface area contributed by atoms with Gasteiger partial charge in [-0.1, -0.05) is 55.6 Å². The lowest BCUT2D eigenvalue weighted by Crippen LogP contribution is -2.16. The van der Waals surface area contributed by atoms with Crippen LogP contribution in [-0.4, -0.2) is 47.0 Å². The van der Waals surface area contributed by atoms with Crippen LogP contribution in [0.25, 0.3) is 0 Å². The van der Waals surface area contributed by atoms with Crippen LogP contribution in [0.1, 0.15) is 41.9 Å². The minimum absolute atomic E-state index is 0.138. The van der Waals surface area contributed by atoms with E-state index in [2.05, 4.69) is 25.8 Å². The Hall–Kier alpha value is -3.53. The smallest absolute Gasteiger partial charge is 0.255 e. The molecule has 0 aliphatic heterocycles. The number of aromatic nitrogens is 3. The standard InChI is InChI=1S/C25H29N5O4S/c1-33-20-14-19(27-24(32)17-10-4-3-5-11-17)21(34-2)13-18(20)26-23(31)15-35-25-28-22(29-30-25)12-16-8-6-7-9-16/h3-5,10-11,13-14,16H,6-9,12,15H2,1-2H3,(H,26,31)(H,27,32)(H,28,29,30). The Morgan fingerprint density at radius 3 is 2.34 bits per heavy atom. The molecule has 0 atom stereocenters. The molecule has 0 spiro atoms. The van der Waals surface area contributed by atoms with E-state index in [-0.39, 0.29) is 17.6 Å². The molecule has 1 heterocycles. The van der Waals surface area contributed by atoms with Crippen LogP contribution in [-0.2, 0) is 11.2 Å². The van der Waals surface area contributed by atoms with Gasteiger partial charge in [0.2, 0.25) is 11.1 Å². The Labute approximate surface area is 208 Å². The Balaban J connectivity index is 1.37. The van der Waals surface area contributed by atoms with E-state index in [4.69, 9.17) is 9.47 Å². The molecular formula is C25H29N5O4S. The number of hydrogen-bond donors (Lipinski definition) is 3. The number of thioether (sulfide) groups is 1. The first kappa shape index (κ1) is 24.6. The summed E-state index contributed by atoms with van der Waals surface area (Å²) in [7, 11) is 2.99. The zero-order valence-electron chi connectivity index (χ0n) is 19.8. The topological polar surface area (TPSA) is 118 Å². The minimum atomic E-state index is -0.280. The number of amides is 2. The number of rotatable bonds is 10. The first-order chi connectivity index (χ1) is 17.1. The van der Waals surface area contributed by atoms with E-state index < -0.39 is 0 Å². The van der Waals surface area contributed by atoms with Crippen molar-refractivity contribution in [2.75, 3.05) is 30.6 Å². The van der Waals surface area contributed by atoms with E-state index in [0.717, 1.165) is 12.2 Å². The Morgan fingerprint density at radius 2 is 1.69 bits per heavy atom. The third-order valence-electron chi connectivity index (χ3n) is 5.88. The fraction of sp³-hybridized carbons (Fsp3) is 0.360. The van der Waals surface area contributed by atoms with Crippen molar-refractivity contribution >= 4 is 35.0 Å². The van der Waals surface area contributed by atoms with Crippen LogP contribution in [0.4, 0.5) is 11.4 Å². The van der Waals surface area contributed by atoms with Gasteiger partial charge in [0.25, 0.3) is 5.91 Å². The Kier molecular flexibility index (Phi) is 8.25. The van der Waals surface area contributed by atoms with Crippen LogP contribution in [0.3, 0.4) is 0 Å². The van der Waals surface area contributed by atoms with Gasteiger partial charge in [0.1, 0.15) is 17.3 Å². The summed E-state index contributed by atoms with van der Waals surface area (Å²) in [5, 5.41) is 13.4. The number of methoxy groups -OCH3 is 2. The van der Waals surface area contributed by atoms with Gasteiger partial charge in [-0.3, -0.25) is 14.7 Å². The largest absolute Gasteiger partial charge is 0.494 e. The zero-order chi connectivity index (χ0) is 24.6. The monoisotopic (exact) mass is 495 g/mol. The highest BCUT2D eigenvalue weighted by molar-refractivity contribution is 7.99. The lowest BCUT2D eigenvalue weighted by atomic mass is 10.0. The summed E-state index contributed by atoms with van der Waals surface area (Å²) in [6.07, 6.45) is 5.96. The van der Waals surface area contributed by atoms with E-state index in [1.807, 2.05) is 6.07 Å².